The average Bonchev–Trinajstić information content (AvgIpc) is 2.47. The Labute approximate surface area is 121 Å². The van der Waals surface area contributed by atoms with Crippen LogP contribution in [-0.4, -0.2) is 21.7 Å². The van der Waals surface area contributed by atoms with Gasteiger partial charge in [0.05, 0.1) is 18.3 Å². The Bertz CT molecular complexity index is 577. The van der Waals surface area contributed by atoms with Crippen molar-refractivity contribution in [1.29, 1.82) is 0 Å². The predicted molar refractivity (Wildman–Crippen MR) is 76.3 cm³/mol. The molecule has 1 atom stereocenters. The zero-order valence-electron chi connectivity index (χ0n) is 11.0. The van der Waals surface area contributed by atoms with Crippen molar-refractivity contribution in [2.45, 2.75) is 19.4 Å². The predicted octanol–water partition coefficient (Wildman–Crippen LogP) is 2.98. The molecule has 1 heterocycles. The monoisotopic (exact) mass is 295 g/mol. The number of anilines is 1. The Kier molecular flexibility index (Phi) is 4.87. The molecular formula is C14H15ClFN3O. The molecule has 0 spiro atoms. The van der Waals surface area contributed by atoms with Crippen LogP contribution < -0.4 is 5.32 Å². The fourth-order valence-corrected chi connectivity index (χ4v) is 1.97. The maximum absolute atomic E-state index is 14.1. The molecule has 2 rings (SSSR count). The first-order chi connectivity index (χ1) is 9.65. The highest BCUT2D eigenvalue weighted by atomic mass is 35.5. The first-order valence-electron chi connectivity index (χ1n) is 6.28. The molecule has 0 saturated carbocycles. The van der Waals surface area contributed by atoms with Crippen LogP contribution in [0.2, 0.25) is 5.02 Å². The van der Waals surface area contributed by atoms with E-state index in [-0.39, 0.29) is 12.4 Å². The summed E-state index contributed by atoms with van der Waals surface area (Å²) in [6.45, 7) is 1.63. The molecule has 20 heavy (non-hydrogen) atoms. The molecule has 0 radical (unpaired) electrons. The number of nitrogens with one attached hydrogen (secondary N) is 1. The molecule has 4 nitrogen and oxygen atoms in total. The number of aliphatic hydroxyl groups is 1. The number of aliphatic hydroxyl groups excluding tert-OH is 1. The van der Waals surface area contributed by atoms with Gasteiger partial charge in [0.2, 0.25) is 0 Å². The van der Waals surface area contributed by atoms with Crippen molar-refractivity contribution < 1.29 is 9.50 Å². The van der Waals surface area contributed by atoms with Gasteiger partial charge in [0, 0.05) is 5.02 Å². The fourth-order valence-electron chi connectivity index (χ4n) is 1.85. The Balaban J connectivity index is 2.24. The lowest BCUT2D eigenvalue weighted by molar-refractivity contribution is 0.275. The van der Waals surface area contributed by atoms with Gasteiger partial charge < -0.3 is 10.4 Å². The third-order valence-electron chi connectivity index (χ3n) is 2.96. The van der Waals surface area contributed by atoms with Gasteiger partial charge in [-0.2, -0.15) is 0 Å². The van der Waals surface area contributed by atoms with Crippen molar-refractivity contribution in [3.63, 3.8) is 0 Å². The van der Waals surface area contributed by atoms with Crippen molar-refractivity contribution in [3.8, 4) is 0 Å². The number of nitrogens with zero attached hydrogens (tertiary/aromatic N) is 2. The Morgan fingerprint density at radius 2 is 2.00 bits per heavy atom. The van der Waals surface area contributed by atoms with Gasteiger partial charge in [-0.1, -0.05) is 30.7 Å². The van der Waals surface area contributed by atoms with E-state index in [1.54, 1.807) is 24.3 Å². The molecule has 2 aromatic rings. The van der Waals surface area contributed by atoms with Gasteiger partial charge >= 0.3 is 0 Å². The van der Waals surface area contributed by atoms with E-state index in [4.69, 9.17) is 11.6 Å². The lowest BCUT2D eigenvalue weighted by Crippen LogP contribution is -2.17. The molecule has 1 aromatic carbocycles. The molecule has 0 amide bonds. The highest BCUT2D eigenvalue weighted by molar-refractivity contribution is 6.30. The van der Waals surface area contributed by atoms with Gasteiger partial charge in [0.25, 0.3) is 0 Å². The van der Waals surface area contributed by atoms with Gasteiger partial charge in [0.1, 0.15) is 6.33 Å². The van der Waals surface area contributed by atoms with Crippen LogP contribution in [0.3, 0.4) is 0 Å². The summed E-state index contributed by atoms with van der Waals surface area (Å²) in [5.41, 5.74) is 1.14. The molecule has 106 valence electrons. The summed E-state index contributed by atoms with van der Waals surface area (Å²) >= 11 is 5.82. The van der Waals surface area contributed by atoms with Gasteiger partial charge in [0.15, 0.2) is 11.6 Å². The van der Waals surface area contributed by atoms with Crippen molar-refractivity contribution in [3.05, 3.63) is 52.7 Å². The summed E-state index contributed by atoms with van der Waals surface area (Å²) in [5, 5.41) is 13.0. The molecule has 1 unspecified atom stereocenters. The molecule has 0 bridgehead atoms. The van der Waals surface area contributed by atoms with Gasteiger partial charge in [-0.15, -0.1) is 0 Å². The van der Waals surface area contributed by atoms with Crippen LogP contribution in [0.5, 0.6) is 0 Å². The second kappa shape index (κ2) is 6.63. The number of hydrogen-bond donors (Lipinski definition) is 2. The summed E-state index contributed by atoms with van der Waals surface area (Å²) < 4.78 is 14.1. The van der Waals surface area contributed by atoms with Crippen LogP contribution in [-0.2, 0) is 6.42 Å². The number of hydrogen-bond acceptors (Lipinski definition) is 4. The lowest BCUT2D eigenvalue weighted by atomic mass is 10.1. The zero-order chi connectivity index (χ0) is 14.5. The largest absolute Gasteiger partial charge is 0.394 e. The van der Waals surface area contributed by atoms with Crippen molar-refractivity contribution in [1.82, 2.24) is 9.97 Å². The summed E-state index contributed by atoms with van der Waals surface area (Å²) in [4.78, 5) is 7.75. The van der Waals surface area contributed by atoms with Crippen molar-refractivity contribution in [2.24, 2.45) is 0 Å². The first-order valence-corrected chi connectivity index (χ1v) is 6.65. The fraction of sp³-hybridized carbons (Fsp3) is 0.286. The molecule has 2 N–H and O–H groups in total. The highest BCUT2D eigenvalue weighted by Crippen LogP contribution is 2.22. The van der Waals surface area contributed by atoms with E-state index >= 15 is 0 Å². The van der Waals surface area contributed by atoms with Crippen LogP contribution >= 0.6 is 11.6 Å². The molecule has 0 fully saturated rings. The van der Waals surface area contributed by atoms with E-state index in [9.17, 15) is 9.50 Å². The number of rotatable bonds is 5. The topological polar surface area (TPSA) is 58.0 Å². The number of halogens is 2. The summed E-state index contributed by atoms with van der Waals surface area (Å²) in [6, 6.07) is 6.53. The molecule has 1 aromatic heterocycles. The SMILES string of the molecule is CCc1ncnc(NC(CO)c2ccc(Cl)cc2)c1F. The van der Waals surface area contributed by atoms with Gasteiger partial charge in [-0.05, 0) is 24.1 Å². The second-order valence-electron chi connectivity index (χ2n) is 4.27. The minimum atomic E-state index is -0.484. The van der Waals surface area contributed by atoms with Crippen LogP contribution in [0.1, 0.15) is 24.2 Å². The van der Waals surface area contributed by atoms with Crippen LogP contribution in [0.4, 0.5) is 10.2 Å². The molecule has 0 aliphatic heterocycles. The summed E-state index contributed by atoms with van der Waals surface area (Å²) in [6.07, 6.45) is 1.79. The number of aromatic nitrogens is 2. The molecule has 0 aliphatic rings. The van der Waals surface area contributed by atoms with Crippen molar-refractivity contribution in [2.75, 3.05) is 11.9 Å². The van der Waals surface area contributed by atoms with E-state index in [1.165, 1.54) is 6.33 Å². The van der Waals surface area contributed by atoms with Gasteiger partial charge in [-0.3, -0.25) is 0 Å². The second-order valence-corrected chi connectivity index (χ2v) is 4.70. The number of aryl methyl sites for hydroxylation is 1. The Morgan fingerprint density at radius 1 is 1.30 bits per heavy atom. The quantitative estimate of drug-likeness (QED) is 0.890. The highest BCUT2D eigenvalue weighted by Gasteiger charge is 2.15. The Morgan fingerprint density at radius 3 is 2.60 bits per heavy atom. The molecule has 0 aliphatic carbocycles. The average molecular weight is 296 g/mol. The lowest BCUT2D eigenvalue weighted by Gasteiger charge is -2.18. The third kappa shape index (κ3) is 3.23. The molecular weight excluding hydrogens is 281 g/mol. The maximum atomic E-state index is 14.1. The third-order valence-corrected chi connectivity index (χ3v) is 3.21. The van der Waals surface area contributed by atoms with E-state index in [1.807, 2.05) is 6.92 Å². The maximum Gasteiger partial charge on any atom is 0.186 e. The summed E-state index contributed by atoms with van der Waals surface area (Å²) in [7, 11) is 0. The standard InChI is InChI=1S/C14H15ClFN3O/c1-2-11-13(16)14(18-8-17-11)19-12(7-20)9-3-5-10(15)6-4-9/h3-6,8,12,20H,2,7H2,1H3,(H,17,18,19). The van der Waals surface area contributed by atoms with Crippen molar-refractivity contribution >= 4 is 17.4 Å². The van der Waals surface area contributed by atoms with E-state index in [2.05, 4.69) is 15.3 Å². The van der Waals surface area contributed by atoms with Crippen LogP contribution in [0.25, 0.3) is 0 Å². The van der Waals surface area contributed by atoms with E-state index in [0.29, 0.717) is 17.1 Å². The smallest absolute Gasteiger partial charge is 0.186 e. The summed E-state index contributed by atoms with van der Waals surface area (Å²) in [5.74, 6) is -0.395. The van der Waals surface area contributed by atoms with Crippen LogP contribution in [0, 0.1) is 5.82 Å². The zero-order valence-corrected chi connectivity index (χ0v) is 11.7. The van der Waals surface area contributed by atoms with E-state index in [0.717, 1.165) is 5.56 Å². The molecule has 0 saturated heterocycles. The normalized spacial score (nSPS) is 12.2. The van der Waals surface area contributed by atoms with Gasteiger partial charge in [-0.25, -0.2) is 14.4 Å². The minimum Gasteiger partial charge on any atom is -0.394 e. The first kappa shape index (κ1) is 14.7. The van der Waals surface area contributed by atoms with E-state index < -0.39 is 11.9 Å². The molecule has 6 heteroatoms. The number of benzene rings is 1. The Hall–Kier alpha value is -1.72. The van der Waals surface area contributed by atoms with Crippen LogP contribution in [0.15, 0.2) is 30.6 Å². The minimum absolute atomic E-state index is 0.0888.